The number of halogens is 3. The van der Waals surface area contributed by atoms with Gasteiger partial charge in [0.05, 0.1) is 18.4 Å². The van der Waals surface area contributed by atoms with E-state index in [0.29, 0.717) is 22.5 Å². The molecule has 22 heavy (non-hydrogen) atoms. The van der Waals surface area contributed by atoms with Crippen molar-refractivity contribution in [2.45, 2.75) is 6.18 Å². The number of nitrogens with zero attached hydrogens (tertiary/aromatic N) is 1. The van der Waals surface area contributed by atoms with E-state index in [-0.39, 0.29) is 0 Å². The minimum Gasteiger partial charge on any atom is -0.494 e. The number of methoxy groups -OCH3 is 1. The van der Waals surface area contributed by atoms with Crippen molar-refractivity contribution in [3.05, 3.63) is 60.2 Å². The van der Waals surface area contributed by atoms with Crippen molar-refractivity contribution >= 4 is 10.9 Å². The fourth-order valence-corrected chi connectivity index (χ4v) is 2.30. The standard InChI is InChI=1S/C17H12F3NO/c1-22-15-7-3-4-11-8-9-14(21-16(11)15)12-5-2-6-13(10-12)17(18,19)20/h2-10H,1H3. The maximum Gasteiger partial charge on any atom is 0.416 e. The first kappa shape index (κ1) is 14.4. The van der Waals surface area contributed by atoms with E-state index in [4.69, 9.17) is 4.74 Å². The molecule has 5 heteroatoms. The molecule has 2 nitrogen and oxygen atoms in total. The minimum absolute atomic E-state index is 0.419. The molecule has 0 fully saturated rings. The van der Waals surface area contributed by atoms with Crippen molar-refractivity contribution in [2.24, 2.45) is 0 Å². The molecule has 3 aromatic rings. The molecule has 3 rings (SSSR count). The predicted molar refractivity (Wildman–Crippen MR) is 78.7 cm³/mol. The number of pyridine rings is 1. The van der Waals surface area contributed by atoms with Crippen LogP contribution < -0.4 is 4.74 Å². The Hall–Kier alpha value is -2.56. The second-order valence-electron chi connectivity index (χ2n) is 4.81. The van der Waals surface area contributed by atoms with E-state index >= 15 is 0 Å². The van der Waals surface area contributed by atoms with Gasteiger partial charge in [-0.05, 0) is 24.3 Å². The van der Waals surface area contributed by atoms with Crippen LogP contribution in [-0.4, -0.2) is 12.1 Å². The number of alkyl halides is 3. The first-order chi connectivity index (χ1) is 10.5. The second kappa shape index (κ2) is 5.33. The molecular formula is C17H12F3NO. The highest BCUT2D eigenvalue weighted by molar-refractivity contribution is 5.86. The Balaban J connectivity index is 2.15. The van der Waals surface area contributed by atoms with E-state index < -0.39 is 11.7 Å². The van der Waals surface area contributed by atoms with Crippen LogP contribution in [-0.2, 0) is 6.18 Å². The average molecular weight is 303 g/mol. The maximum atomic E-state index is 12.8. The van der Waals surface area contributed by atoms with Crippen molar-refractivity contribution < 1.29 is 17.9 Å². The number of ether oxygens (including phenoxy) is 1. The molecule has 0 aliphatic carbocycles. The number of para-hydroxylation sites is 1. The third-order valence-corrected chi connectivity index (χ3v) is 3.39. The van der Waals surface area contributed by atoms with Crippen molar-refractivity contribution in [3.63, 3.8) is 0 Å². The Kier molecular flexibility index (Phi) is 3.48. The molecule has 1 heterocycles. The van der Waals surface area contributed by atoms with Crippen LogP contribution in [0.15, 0.2) is 54.6 Å². The Morgan fingerprint density at radius 3 is 2.45 bits per heavy atom. The summed E-state index contributed by atoms with van der Waals surface area (Å²) in [6.07, 6.45) is -4.37. The summed E-state index contributed by atoms with van der Waals surface area (Å²) in [5, 5.41) is 0.870. The molecule has 0 atom stereocenters. The first-order valence-electron chi connectivity index (χ1n) is 6.60. The Morgan fingerprint density at radius 2 is 1.73 bits per heavy atom. The molecular weight excluding hydrogens is 291 g/mol. The van der Waals surface area contributed by atoms with Gasteiger partial charge >= 0.3 is 6.18 Å². The number of rotatable bonds is 2. The van der Waals surface area contributed by atoms with Gasteiger partial charge in [0, 0.05) is 10.9 Å². The summed E-state index contributed by atoms with van der Waals surface area (Å²) in [6.45, 7) is 0. The maximum absolute atomic E-state index is 12.8. The van der Waals surface area contributed by atoms with Crippen molar-refractivity contribution in [2.75, 3.05) is 7.11 Å². The van der Waals surface area contributed by atoms with E-state index in [1.165, 1.54) is 13.2 Å². The molecule has 0 radical (unpaired) electrons. The summed E-state index contributed by atoms with van der Waals surface area (Å²) in [7, 11) is 1.54. The highest BCUT2D eigenvalue weighted by Gasteiger charge is 2.30. The Bertz CT molecular complexity index is 827. The lowest BCUT2D eigenvalue weighted by molar-refractivity contribution is -0.137. The molecule has 0 aliphatic rings. The van der Waals surface area contributed by atoms with Crippen LogP contribution in [0.4, 0.5) is 13.2 Å². The highest BCUT2D eigenvalue weighted by atomic mass is 19.4. The number of aromatic nitrogens is 1. The zero-order chi connectivity index (χ0) is 15.7. The summed E-state index contributed by atoms with van der Waals surface area (Å²) >= 11 is 0. The fourth-order valence-electron chi connectivity index (χ4n) is 2.30. The molecule has 0 aliphatic heterocycles. The summed E-state index contributed by atoms with van der Waals surface area (Å²) in [6, 6.07) is 14.1. The first-order valence-corrected chi connectivity index (χ1v) is 6.60. The smallest absolute Gasteiger partial charge is 0.416 e. The molecule has 2 aromatic carbocycles. The molecule has 0 spiro atoms. The molecule has 0 N–H and O–H groups in total. The van der Waals surface area contributed by atoms with Gasteiger partial charge in [-0.1, -0.05) is 30.3 Å². The quantitative estimate of drug-likeness (QED) is 0.669. The molecule has 112 valence electrons. The molecule has 0 saturated carbocycles. The van der Waals surface area contributed by atoms with Crippen molar-refractivity contribution in [3.8, 4) is 17.0 Å². The van der Waals surface area contributed by atoms with Crippen LogP contribution in [0.2, 0.25) is 0 Å². The SMILES string of the molecule is COc1cccc2ccc(-c3cccc(C(F)(F)F)c3)nc12. The monoisotopic (exact) mass is 303 g/mol. The van der Waals surface area contributed by atoms with Gasteiger partial charge in [-0.3, -0.25) is 0 Å². The largest absolute Gasteiger partial charge is 0.494 e. The normalized spacial score (nSPS) is 11.6. The third kappa shape index (κ3) is 2.62. The number of hydrogen-bond acceptors (Lipinski definition) is 2. The van der Waals surface area contributed by atoms with Crippen LogP contribution in [0.3, 0.4) is 0 Å². The van der Waals surface area contributed by atoms with Gasteiger partial charge < -0.3 is 4.74 Å². The van der Waals surface area contributed by atoms with Gasteiger partial charge in [0.1, 0.15) is 11.3 Å². The minimum atomic E-state index is -4.37. The molecule has 0 saturated heterocycles. The van der Waals surface area contributed by atoms with Gasteiger partial charge in [0.2, 0.25) is 0 Å². The van der Waals surface area contributed by atoms with Crippen LogP contribution in [0.1, 0.15) is 5.56 Å². The zero-order valence-electron chi connectivity index (χ0n) is 11.7. The second-order valence-corrected chi connectivity index (χ2v) is 4.81. The zero-order valence-corrected chi connectivity index (χ0v) is 11.7. The van der Waals surface area contributed by atoms with Gasteiger partial charge in [-0.2, -0.15) is 13.2 Å². The summed E-state index contributed by atoms with van der Waals surface area (Å²) in [5.41, 5.74) is 0.831. The summed E-state index contributed by atoms with van der Waals surface area (Å²) < 4.78 is 43.7. The van der Waals surface area contributed by atoms with Gasteiger partial charge in [0.15, 0.2) is 0 Å². The van der Waals surface area contributed by atoms with Crippen molar-refractivity contribution in [1.82, 2.24) is 4.98 Å². The molecule has 0 unspecified atom stereocenters. The van der Waals surface area contributed by atoms with E-state index in [1.54, 1.807) is 18.2 Å². The molecule has 0 amide bonds. The van der Waals surface area contributed by atoms with E-state index in [1.807, 2.05) is 18.2 Å². The lowest BCUT2D eigenvalue weighted by atomic mass is 10.1. The van der Waals surface area contributed by atoms with Crippen LogP contribution in [0.25, 0.3) is 22.2 Å². The number of benzene rings is 2. The van der Waals surface area contributed by atoms with Gasteiger partial charge in [0.25, 0.3) is 0 Å². The summed E-state index contributed by atoms with van der Waals surface area (Å²) in [4.78, 5) is 4.45. The average Bonchev–Trinajstić information content (AvgIpc) is 2.53. The van der Waals surface area contributed by atoms with Crippen LogP contribution >= 0.6 is 0 Å². The third-order valence-electron chi connectivity index (χ3n) is 3.39. The lowest BCUT2D eigenvalue weighted by Crippen LogP contribution is -2.04. The molecule has 0 bridgehead atoms. The van der Waals surface area contributed by atoms with E-state index in [0.717, 1.165) is 17.5 Å². The summed E-state index contributed by atoms with van der Waals surface area (Å²) in [5.74, 6) is 0.589. The number of hydrogen-bond donors (Lipinski definition) is 0. The Morgan fingerprint density at radius 1 is 0.955 bits per heavy atom. The van der Waals surface area contributed by atoms with Gasteiger partial charge in [-0.25, -0.2) is 4.98 Å². The van der Waals surface area contributed by atoms with E-state index in [9.17, 15) is 13.2 Å². The molecule has 1 aromatic heterocycles. The van der Waals surface area contributed by atoms with Crippen molar-refractivity contribution in [1.29, 1.82) is 0 Å². The topological polar surface area (TPSA) is 22.1 Å². The fraction of sp³-hybridized carbons (Fsp3) is 0.118. The predicted octanol–water partition coefficient (Wildman–Crippen LogP) is 4.93. The highest BCUT2D eigenvalue weighted by Crippen LogP contribution is 2.33. The lowest BCUT2D eigenvalue weighted by Gasteiger charge is -2.10. The number of fused-ring (bicyclic) bond motifs is 1. The van der Waals surface area contributed by atoms with Crippen LogP contribution in [0, 0.1) is 0 Å². The van der Waals surface area contributed by atoms with Gasteiger partial charge in [-0.15, -0.1) is 0 Å². The van der Waals surface area contributed by atoms with Crippen LogP contribution in [0.5, 0.6) is 5.75 Å². The van der Waals surface area contributed by atoms with E-state index in [2.05, 4.69) is 4.98 Å². The Labute approximate surface area is 125 Å².